The highest BCUT2D eigenvalue weighted by atomic mass is 32.2. The lowest BCUT2D eigenvalue weighted by atomic mass is 10.2. The van der Waals surface area contributed by atoms with Crippen LogP contribution in [-0.4, -0.2) is 33.0 Å². The smallest absolute Gasteiger partial charge is 0.230 e. The first kappa shape index (κ1) is 21.9. The van der Waals surface area contributed by atoms with Crippen molar-refractivity contribution in [3.8, 4) is 17.1 Å². The van der Waals surface area contributed by atoms with Gasteiger partial charge in [0.15, 0.2) is 11.0 Å². The van der Waals surface area contributed by atoms with Crippen molar-refractivity contribution in [3.63, 3.8) is 0 Å². The Morgan fingerprint density at radius 3 is 2.50 bits per heavy atom. The van der Waals surface area contributed by atoms with Gasteiger partial charge in [0.05, 0.1) is 12.4 Å². The number of carbonyl (C=O) groups excluding carboxylic acids is 1. The summed E-state index contributed by atoms with van der Waals surface area (Å²) in [5.74, 6) is 2.40. The van der Waals surface area contributed by atoms with Crippen LogP contribution in [0.4, 0.5) is 0 Å². The Hall–Kier alpha value is -2.80. The van der Waals surface area contributed by atoms with Crippen LogP contribution in [0.15, 0.2) is 59.8 Å². The number of hydrogen-bond donors (Lipinski definition) is 1. The van der Waals surface area contributed by atoms with E-state index < -0.39 is 0 Å². The molecule has 30 heavy (non-hydrogen) atoms. The van der Waals surface area contributed by atoms with E-state index in [0.717, 1.165) is 34.4 Å². The zero-order valence-corrected chi connectivity index (χ0v) is 18.5. The van der Waals surface area contributed by atoms with Gasteiger partial charge in [-0.05, 0) is 42.7 Å². The molecule has 158 valence electrons. The van der Waals surface area contributed by atoms with Crippen molar-refractivity contribution < 1.29 is 9.53 Å². The second-order valence-electron chi connectivity index (χ2n) is 7.33. The summed E-state index contributed by atoms with van der Waals surface area (Å²) in [6, 6.07) is 17.8. The van der Waals surface area contributed by atoms with Crippen molar-refractivity contribution in [1.29, 1.82) is 0 Å². The lowest BCUT2D eigenvalue weighted by molar-refractivity contribution is -0.118. The zero-order chi connectivity index (χ0) is 21.3. The van der Waals surface area contributed by atoms with E-state index in [-0.39, 0.29) is 5.91 Å². The Morgan fingerprint density at radius 1 is 1.10 bits per heavy atom. The number of hydrogen-bond acceptors (Lipinski definition) is 5. The lowest BCUT2D eigenvalue weighted by Gasteiger charge is -2.10. The van der Waals surface area contributed by atoms with Crippen LogP contribution in [-0.2, 0) is 17.9 Å². The van der Waals surface area contributed by atoms with Crippen molar-refractivity contribution in [2.75, 3.05) is 12.4 Å². The molecule has 3 rings (SSSR count). The minimum atomic E-state index is -0.0253. The summed E-state index contributed by atoms with van der Waals surface area (Å²) in [5, 5.41) is 12.3. The normalized spacial score (nSPS) is 10.9. The third-order valence-corrected chi connectivity index (χ3v) is 5.36. The number of nitrogens with one attached hydrogen (secondary N) is 1. The van der Waals surface area contributed by atoms with Crippen molar-refractivity contribution in [1.82, 2.24) is 20.1 Å². The molecule has 0 saturated carbocycles. The van der Waals surface area contributed by atoms with Gasteiger partial charge in [0.2, 0.25) is 5.91 Å². The molecule has 0 atom stereocenters. The summed E-state index contributed by atoms with van der Waals surface area (Å²) in [6.07, 6.45) is 0. The number of aromatic nitrogens is 3. The zero-order valence-electron chi connectivity index (χ0n) is 17.7. The van der Waals surface area contributed by atoms with Gasteiger partial charge in [-0.2, -0.15) is 0 Å². The van der Waals surface area contributed by atoms with Crippen LogP contribution >= 0.6 is 11.8 Å². The van der Waals surface area contributed by atoms with Gasteiger partial charge >= 0.3 is 0 Å². The van der Waals surface area contributed by atoms with E-state index in [1.54, 1.807) is 0 Å². The van der Waals surface area contributed by atoms with Gasteiger partial charge in [-0.1, -0.05) is 55.9 Å². The second kappa shape index (κ2) is 10.8. The molecule has 2 aromatic carbocycles. The molecule has 0 aliphatic carbocycles. The number of nitrogens with zero attached hydrogens (tertiary/aromatic N) is 3. The standard InChI is InChI=1S/C23H28N4O2S/c1-4-27-22(19-10-12-20(13-11-19)29-15-17(2)3)25-26-23(27)30-16-21(28)24-14-18-8-6-5-7-9-18/h5-13,17H,4,14-16H2,1-3H3,(H,24,28). The first-order valence-corrected chi connectivity index (χ1v) is 11.1. The average molecular weight is 425 g/mol. The summed E-state index contributed by atoms with van der Waals surface area (Å²) >= 11 is 1.40. The second-order valence-corrected chi connectivity index (χ2v) is 8.27. The van der Waals surface area contributed by atoms with Gasteiger partial charge in [0.25, 0.3) is 0 Å². The van der Waals surface area contributed by atoms with Crippen molar-refractivity contribution in [2.45, 2.75) is 39.0 Å². The Bertz CT molecular complexity index is 940. The fraction of sp³-hybridized carbons (Fsp3) is 0.348. The fourth-order valence-corrected chi connectivity index (χ4v) is 3.67. The molecule has 3 aromatic rings. The monoisotopic (exact) mass is 424 g/mol. The average Bonchev–Trinajstić information content (AvgIpc) is 3.18. The summed E-state index contributed by atoms with van der Waals surface area (Å²) < 4.78 is 7.78. The summed E-state index contributed by atoms with van der Waals surface area (Å²) in [6.45, 7) is 8.24. The van der Waals surface area contributed by atoms with Gasteiger partial charge in [-0.25, -0.2) is 0 Å². The molecule has 1 N–H and O–H groups in total. The summed E-state index contributed by atoms with van der Waals surface area (Å²) in [4.78, 5) is 12.2. The highest BCUT2D eigenvalue weighted by Gasteiger charge is 2.15. The fourth-order valence-electron chi connectivity index (χ4n) is 2.83. The maximum atomic E-state index is 12.2. The van der Waals surface area contributed by atoms with E-state index in [9.17, 15) is 4.79 Å². The number of amides is 1. The predicted octanol–water partition coefficient (Wildman–Crippen LogP) is 4.41. The van der Waals surface area contributed by atoms with Crippen molar-refractivity contribution in [3.05, 3.63) is 60.2 Å². The topological polar surface area (TPSA) is 69.0 Å². The van der Waals surface area contributed by atoms with Gasteiger partial charge < -0.3 is 14.6 Å². The molecular weight excluding hydrogens is 396 g/mol. The number of benzene rings is 2. The van der Waals surface area contributed by atoms with Gasteiger partial charge in [-0.3, -0.25) is 4.79 Å². The maximum absolute atomic E-state index is 12.2. The Kier molecular flexibility index (Phi) is 7.90. The minimum Gasteiger partial charge on any atom is -0.493 e. The maximum Gasteiger partial charge on any atom is 0.230 e. The Labute approximate surface area is 182 Å². The SMILES string of the molecule is CCn1c(SCC(=O)NCc2ccccc2)nnc1-c1ccc(OCC(C)C)cc1. The van der Waals surface area contributed by atoms with Crippen molar-refractivity contribution in [2.24, 2.45) is 5.92 Å². The van der Waals surface area contributed by atoms with Crippen LogP contribution in [0.2, 0.25) is 0 Å². The van der Waals surface area contributed by atoms with Crippen LogP contribution < -0.4 is 10.1 Å². The molecule has 0 unspecified atom stereocenters. The van der Waals surface area contributed by atoms with E-state index in [4.69, 9.17) is 4.74 Å². The molecule has 1 aromatic heterocycles. The number of carbonyl (C=O) groups is 1. The molecule has 0 aliphatic heterocycles. The molecular formula is C23H28N4O2S. The summed E-state index contributed by atoms with van der Waals surface area (Å²) in [7, 11) is 0. The number of ether oxygens (including phenoxy) is 1. The highest BCUT2D eigenvalue weighted by Crippen LogP contribution is 2.25. The molecule has 6 nitrogen and oxygen atoms in total. The minimum absolute atomic E-state index is 0.0253. The van der Waals surface area contributed by atoms with Crippen LogP contribution in [0.1, 0.15) is 26.3 Å². The third-order valence-electron chi connectivity index (χ3n) is 4.39. The largest absolute Gasteiger partial charge is 0.493 e. The van der Waals surface area contributed by atoms with Gasteiger partial charge in [-0.15, -0.1) is 10.2 Å². The van der Waals surface area contributed by atoms with Crippen molar-refractivity contribution >= 4 is 17.7 Å². The Balaban J connectivity index is 1.59. The lowest BCUT2D eigenvalue weighted by Crippen LogP contribution is -2.24. The van der Waals surface area contributed by atoms with Crippen LogP contribution in [0.3, 0.4) is 0 Å². The molecule has 0 spiro atoms. The predicted molar refractivity (Wildman–Crippen MR) is 120 cm³/mol. The molecule has 1 amide bonds. The number of thioether (sulfide) groups is 1. The van der Waals surface area contributed by atoms with Gasteiger partial charge in [0, 0.05) is 18.7 Å². The molecule has 0 radical (unpaired) electrons. The molecule has 1 heterocycles. The molecule has 0 saturated heterocycles. The quantitative estimate of drug-likeness (QED) is 0.488. The van der Waals surface area contributed by atoms with Crippen LogP contribution in [0.5, 0.6) is 5.75 Å². The van der Waals surface area contributed by atoms with Crippen LogP contribution in [0, 0.1) is 5.92 Å². The molecule has 0 fully saturated rings. The van der Waals surface area contributed by atoms with Crippen LogP contribution in [0.25, 0.3) is 11.4 Å². The molecule has 0 aliphatic rings. The van der Waals surface area contributed by atoms with E-state index >= 15 is 0 Å². The third kappa shape index (κ3) is 6.10. The van der Waals surface area contributed by atoms with E-state index in [1.165, 1.54) is 11.8 Å². The van der Waals surface area contributed by atoms with Gasteiger partial charge in [0.1, 0.15) is 5.75 Å². The summed E-state index contributed by atoms with van der Waals surface area (Å²) in [5.41, 5.74) is 2.05. The van der Waals surface area contributed by atoms with E-state index in [0.29, 0.717) is 24.8 Å². The highest BCUT2D eigenvalue weighted by molar-refractivity contribution is 7.99. The number of rotatable bonds is 10. The molecule has 7 heteroatoms. The first-order chi connectivity index (χ1) is 14.6. The van der Waals surface area contributed by atoms with E-state index in [2.05, 4.69) is 29.4 Å². The molecule has 0 bridgehead atoms. The first-order valence-electron chi connectivity index (χ1n) is 10.2. The Morgan fingerprint density at radius 2 is 1.83 bits per heavy atom. The van der Waals surface area contributed by atoms with E-state index in [1.807, 2.05) is 66.1 Å².